The Kier molecular flexibility index (Phi) is 17.6. The van der Waals surface area contributed by atoms with Crippen LogP contribution >= 0.6 is 0 Å². The van der Waals surface area contributed by atoms with Crippen LogP contribution in [0, 0.1) is 35.5 Å². The van der Waals surface area contributed by atoms with Crippen molar-refractivity contribution in [3.8, 4) is 0 Å². The molecule has 250 valence electrons. The summed E-state index contributed by atoms with van der Waals surface area (Å²) in [6.07, 6.45) is 28.1. The lowest BCUT2D eigenvalue weighted by atomic mass is 9.89. The van der Waals surface area contributed by atoms with Crippen LogP contribution in [0.2, 0.25) is 0 Å². The molecule has 0 amide bonds. The van der Waals surface area contributed by atoms with Crippen LogP contribution in [0.1, 0.15) is 198 Å². The van der Waals surface area contributed by atoms with Gasteiger partial charge in [-0.2, -0.15) is 0 Å². The minimum Gasteiger partial charge on any atom is -0.366 e. The van der Waals surface area contributed by atoms with Crippen LogP contribution in [0.5, 0.6) is 0 Å². The average Bonchev–Trinajstić information content (AvgIpc) is 3.75. The molecule has 2 aliphatic heterocycles. The minimum absolute atomic E-state index is 0.150. The van der Waals surface area contributed by atoms with Gasteiger partial charge in [-0.1, -0.05) is 158 Å². The predicted octanol–water partition coefficient (Wildman–Crippen LogP) is 13.0. The summed E-state index contributed by atoms with van der Waals surface area (Å²) in [5.41, 5.74) is 0.300. The Balaban J connectivity index is 1.45. The van der Waals surface area contributed by atoms with E-state index in [0.717, 1.165) is 35.5 Å². The second-order valence-corrected chi connectivity index (χ2v) is 17.1. The third-order valence-corrected chi connectivity index (χ3v) is 11.2. The van der Waals surface area contributed by atoms with Gasteiger partial charge in [0.25, 0.3) is 0 Å². The lowest BCUT2D eigenvalue weighted by Gasteiger charge is -2.15. The maximum Gasteiger partial charge on any atom is 0.0920 e. The SMILES string of the molecule is CC(C)CCC[C@@H](C)CCC[C@@H](C)CCC[C@@]1(C)O[C@@H]1CC[C@@H]1O[C@@]1(C)CCC[C@H](C)CCC[C@H](C)CCCC(C)C. The molecule has 2 fully saturated rings. The summed E-state index contributed by atoms with van der Waals surface area (Å²) in [6, 6.07) is 0. The van der Waals surface area contributed by atoms with E-state index in [0.29, 0.717) is 12.2 Å². The minimum atomic E-state index is 0.150. The zero-order valence-electron chi connectivity index (χ0n) is 30.6. The van der Waals surface area contributed by atoms with E-state index in [2.05, 4.69) is 69.2 Å². The lowest BCUT2D eigenvalue weighted by molar-refractivity contribution is 0.273. The van der Waals surface area contributed by atoms with E-state index in [1.807, 2.05) is 0 Å². The van der Waals surface area contributed by atoms with E-state index in [1.54, 1.807) is 0 Å². The third-order valence-electron chi connectivity index (χ3n) is 11.2. The van der Waals surface area contributed by atoms with Crippen molar-refractivity contribution in [3.05, 3.63) is 0 Å². The summed E-state index contributed by atoms with van der Waals surface area (Å²) in [4.78, 5) is 0. The van der Waals surface area contributed by atoms with E-state index in [-0.39, 0.29) is 11.2 Å². The summed E-state index contributed by atoms with van der Waals surface area (Å²) in [5.74, 6) is 5.25. The zero-order valence-corrected chi connectivity index (χ0v) is 30.6. The molecule has 2 rings (SSSR count). The van der Waals surface area contributed by atoms with Gasteiger partial charge in [0.05, 0.1) is 23.4 Å². The first kappa shape index (κ1) is 38.1. The topological polar surface area (TPSA) is 25.1 Å². The van der Waals surface area contributed by atoms with Crippen LogP contribution in [0.3, 0.4) is 0 Å². The quantitative estimate of drug-likeness (QED) is 0.0889. The predicted molar refractivity (Wildman–Crippen MR) is 185 cm³/mol. The third kappa shape index (κ3) is 16.3. The Morgan fingerprint density at radius 2 is 0.667 bits per heavy atom. The zero-order chi connectivity index (χ0) is 31.2. The summed E-state index contributed by atoms with van der Waals surface area (Å²) in [6.45, 7) is 24.0. The van der Waals surface area contributed by atoms with Gasteiger partial charge >= 0.3 is 0 Å². The Morgan fingerprint density at radius 3 is 0.952 bits per heavy atom. The van der Waals surface area contributed by atoms with E-state index < -0.39 is 0 Å². The van der Waals surface area contributed by atoms with Gasteiger partial charge < -0.3 is 9.47 Å². The molecule has 2 heteroatoms. The number of hydrogen-bond donors (Lipinski definition) is 0. The van der Waals surface area contributed by atoms with Gasteiger partial charge in [-0.05, 0) is 75.0 Å². The maximum absolute atomic E-state index is 6.24. The molecule has 0 radical (unpaired) electrons. The van der Waals surface area contributed by atoms with Gasteiger partial charge in [0, 0.05) is 0 Å². The highest BCUT2D eigenvalue weighted by Crippen LogP contribution is 2.48. The fourth-order valence-corrected chi connectivity index (χ4v) is 7.61. The van der Waals surface area contributed by atoms with Crippen molar-refractivity contribution in [1.29, 1.82) is 0 Å². The molecular formula is C40H78O2. The number of epoxide rings is 2. The van der Waals surface area contributed by atoms with Crippen molar-refractivity contribution in [2.24, 2.45) is 35.5 Å². The van der Waals surface area contributed by atoms with E-state index in [1.165, 1.54) is 128 Å². The second kappa shape index (κ2) is 19.4. The van der Waals surface area contributed by atoms with Crippen molar-refractivity contribution in [1.82, 2.24) is 0 Å². The molecule has 2 aliphatic rings. The molecule has 8 atom stereocenters. The van der Waals surface area contributed by atoms with Crippen LogP contribution in [0.25, 0.3) is 0 Å². The van der Waals surface area contributed by atoms with Crippen LogP contribution in [-0.2, 0) is 9.47 Å². The highest BCUT2D eigenvalue weighted by atomic mass is 16.6. The van der Waals surface area contributed by atoms with Crippen LogP contribution in [0.15, 0.2) is 0 Å². The number of hydrogen-bond acceptors (Lipinski definition) is 2. The maximum atomic E-state index is 6.24. The highest BCUT2D eigenvalue weighted by molar-refractivity contribution is 5.03. The molecule has 0 saturated carbocycles. The van der Waals surface area contributed by atoms with Crippen LogP contribution in [-0.4, -0.2) is 23.4 Å². The molecule has 0 aromatic carbocycles. The molecule has 0 N–H and O–H groups in total. The molecule has 0 bridgehead atoms. The summed E-state index contributed by atoms with van der Waals surface area (Å²) in [7, 11) is 0. The smallest absolute Gasteiger partial charge is 0.0920 e. The molecule has 0 aromatic rings. The first-order valence-corrected chi connectivity index (χ1v) is 19.2. The normalized spacial score (nSPS) is 28.3. The van der Waals surface area contributed by atoms with Gasteiger partial charge in [0.1, 0.15) is 0 Å². The van der Waals surface area contributed by atoms with Crippen molar-refractivity contribution in [3.63, 3.8) is 0 Å². The number of ether oxygens (including phenoxy) is 2. The molecule has 0 aliphatic carbocycles. The second-order valence-electron chi connectivity index (χ2n) is 17.1. The van der Waals surface area contributed by atoms with Gasteiger partial charge in [-0.15, -0.1) is 0 Å². The van der Waals surface area contributed by atoms with Crippen molar-refractivity contribution in [2.45, 2.75) is 221 Å². The van der Waals surface area contributed by atoms with Crippen molar-refractivity contribution < 1.29 is 9.47 Å². The highest BCUT2D eigenvalue weighted by Gasteiger charge is 2.55. The standard InChI is InChI=1S/C40H78O2/c1-31(2)17-11-19-33(5)21-13-23-35(7)25-15-29-39(9)37(41-39)27-28-38-40(10,42-38)30-16-26-36(8)24-14-22-34(6)20-12-18-32(3)4/h31-38H,11-30H2,1-10H3/t33-,34-,35-,36-,37-,38+,39-,40+/m1/s1. The first-order valence-electron chi connectivity index (χ1n) is 19.2. The van der Waals surface area contributed by atoms with Gasteiger partial charge in [0.2, 0.25) is 0 Å². The molecule has 0 aromatic heterocycles. The van der Waals surface area contributed by atoms with Crippen LogP contribution in [0.4, 0.5) is 0 Å². The van der Waals surface area contributed by atoms with E-state index in [9.17, 15) is 0 Å². The van der Waals surface area contributed by atoms with Crippen LogP contribution < -0.4 is 0 Å². The van der Waals surface area contributed by atoms with E-state index in [4.69, 9.17) is 9.47 Å². The van der Waals surface area contributed by atoms with Crippen molar-refractivity contribution in [2.75, 3.05) is 0 Å². The molecule has 0 unspecified atom stereocenters. The molecule has 42 heavy (non-hydrogen) atoms. The largest absolute Gasteiger partial charge is 0.366 e. The average molecular weight is 591 g/mol. The molecular weight excluding hydrogens is 512 g/mol. The summed E-state index contributed by atoms with van der Waals surface area (Å²) < 4.78 is 12.5. The Bertz CT molecular complexity index is 629. The fraction of sp³-hybridized carbons (Fsp3) is 1.00. The Morgan fingerprint density at radius 1 is 0.405 bits per heavy atom. The Hall–Kier alpha value is -0.0800. The summed E-state index contributed by atoms with van der Waals surface area (Å²) >= 11 is 0. The van der Waals surface area contributed by atoms with Gasteiger partial charge in [-0.3, -0.25) is 0 Å². The van der Waals surface area contributed by atoms with Gasteiger partial charge in [0.15, 0.2) is 0 Å². The molecule has 2 heterocycles. The lowest BCUT2D eigenvalue weighted by Crippen LogP contribution is -2.14. The first-order chi connectivity index (χ1) is 19.8. The van der Waals surface area contributed by atoms with Gasteiger partial charge in [-0.25, -0.2) is 0 Å². The van der Waals surface area contributed by atoms with E-state index >= 15 is 0 Å². The molecule has 0 spiro atoms. The fourth-order valence-electron chi connectivity index (χ4n) is 7.61. The Labute approximate surface area is 265 Å². The summed E-state index contributed by atoms with van der Waals surface area (Å²) in [5, 5.41) is 0. The number of rotatable bonds is 27. The molecule has 2 nitrogen and oxygen atoms in total. The monoisotopic (exact) mass is 591 g/mol. The molecule has 2 saturated heterocycles. The van der Waals surface area contributed by atoms with Crippen molar-refractivity contribution >= 4 is 0 Å².